The molecule has 0 aliphatic heterocycles. The number of hydrogen-bond donors (Lipinski definition) is 3. The van der Waals surface area contributed by atoms with Gasteiger partial charge in [-0.3, -0.25) is 9.79 Å². The van der Waals surface area contributed by atoms with E-state index >= 15 is 0 Å². The average Bonchev–Trinajstić information content (AvgIpc) is 2.79. The van der Waals surface area contributed by atoms with Crippen LogP contribution in [0.2, 0.25) is 0 Å². The van der Waals surface area contributed by atoms with Crippen LogP contribution in [0.1, 0.15) is 61.1 Å². The van der Waals surface area contributed by atoms with Gasteiger partial charge in [0, 0.05) is 24.7 Å². The van der Waals surface area contributed by atoms with E-state index in [0.717, 1.165) is 12.0 Å². The summed E-state index contributed by atoms with van der Waals surface area (Å²) in [7, 11) is 0. The number of aliphatic imine (C=N–C) groups is 1. The maximum absolute atomic E-state index is 11.8. The number of guanidine groups is 1. The number of rotatable bonds is 6. The molecule has 0 atom stereocenters. The van der Waals surface area contributed by atoms with E-state index in [-0.39, 0.29) is 5.91 Å². The SMILES string of the molecule is Cc1ccoc1C(=O)NCCCN=C(N)NC1CCCCCC1. The summed E-state index contributed by atoms with van der Waals surface area (Å²) in [4.78, 5) is 16.2. The van der Waals surface area contributed by atoms with Gasteiger partial charge in [-0.25, -0.2) is 0 Å². The minimum atomic E-state index is -0.180. The van der Waals surface area contributed by atoms with Crippen LogP contribution in [-0.2, 0) is 0 Å². The molecule has 4 N–H and O–H groups in total. The zero-order valence-electron chi connectivity index (χ0n) is 13.9. The number of aryl methyl sites for hydroxylation is 1. The molecule has 0 radical (unpaired) electrons. The minimum absolute atomic E-state index is 0.180. The van der Waals surface area contributed by atoms with Crippen molar-refractivity contribution in [2.45, 2.75) is 57.9 Å². The molecular weight excluding hydrogens is 292 g/mol. The molecule has 0 spiro atoms. The van der Waals surface area contributed by atoms with Gasteiger partial charge < -0.3 is 20.8 Å². The van der Waals surface area contributed by atoms with Gasteiger partial charge in [-0.1, -0.05) is 25.7 Å². The summed E-state index contributed by atoms with van der Waals surface area (Å²) in [5.41, 5.74) is 6.78. The fraction of sp³-hybridized carbons (Fsp3) is 0.647. The fourth-order valence-corrected chi connectivity index (χ4v) is 2.84. The summed E-state index contributed by atoms with van der Waals surface area (Å²) < 4.78 is 5.15. The molecule has 0 bridgehead atoms. The second-order valence-electron chi connectivity index (χ2n) is 6.14. The summed E-state index contributed by atoms with van der Waals surface area (Å²) in [6, 6.07) is 2.24. The fourth-order valence-electron chi connectivity index (χ4n) is 2.84. The number of nitrogens with one attached hydrogen (secondary N) is 2. The van der Waals surface area contributed by atoms with Crippen LogP contribution in [0.4, 0.5) is 0 Å². The zero-order chi connectivity index (χ0) is 16.5. The van der Waals surface area contributed by atoms with Crippen LogP contribution in [0.25, 0.3) is 0 Å². The Morgan fingerprint density at radius 3 is 2.74 bits per heavy atom. The normalized spacial score (nSPS) is 16.8. The molecule has 1 fully saturated rings. The Balaban J connectivity index is 1.62. The first-order chi connectivity index (χ1) is 11.2. The van der Waals surface area contributed by atoms with Crippen LogP contribution in [0.3, 0.4) is 0 Å². The highest BCUT2D eigenvalue weighted by Crippen LogP contribution is 2.16. The second-order valence-corrected chi connectivity index (χ2v) is 6.14. The molecule has 2 rings (SSSR count). The molecule has 0 unspecified atom stereocenters. The molecule has 6 heteroatoms. The molecule has 1 saturated carbocycles. The van der Waals surface area contributed by atoms with Crippen molar-refractivity contribution in [3.63, 3.8) is 0 Å². The van der Waals surface area contributed by atoms with E-state index in [9.17, 15) is 4.79 Å². The van der Waals surface area contributed by atoms with E-state index < -0.39 is 0 Å². The van der Waals surface area contributed by atoms with Gasteiger partial charge in [0.1, 0.15) is 0 Å². The summed E-state index contributed by atoms with van der Waals surface area (Å²) in [6.07, 6.45) is 9.80. The van der Waals surface area contributed by atoms with E-state index in [4.69, 9.17) is 10.2 Å². The number of furan rings is 1. The third-order valence-electron chi connectivity index (χ3n) is 4.18. The van der Waals surface area contributed by atoms with E-state index in [1.54, 1.807) is 6.07 Å². The van der Waals surface area contributed by atoms with Gasteiger partial charge in [-0.05, 0) is 32.3 Å². The number of nitrogens with zero attached hydrogens (tertiary/aromatic N) is 1. The second kappa shape index (κ2) is 9.22. The van der Waals surface area contributed by atoms with Gasteiger partial charge in [0.15, 0.2) is 11.7 Å². The van der Waals surface area contributed by atoms with Crippen LogP contribution in [-0.4, -0.2) is 31.0 Å². The Hall–Kier alpha value is -1.98. The van der Waals surface area contributed by atoms with Crippen LogP contribution >= 0.6 is 0 Å². The number of carbonyl (C=O) groups excluding carboxylic acids is 1. The van der Waals surface area contributed by atoms with Crippen molar-refractivity contribution >= 4 is 11.9 Å². The number of carbonyl (C=O) groups is 1. The maximum Gasteiger partial charge on any atom is 0.287 e. The molecule has 23 heavy (non-hydrogen) atoms. The molecule has 1 aromatic heterocycles. The Morgan fingerprint density at radius 1 is 1.35 bits per heavy atom. The summed E-state index contributed by atoms with van der Waals surface area (Å²) in [5, 5.41) is 6.14. The van der Waals surface area contributed by atoms with E-state index in [0.29, 0.717) is 30.9 Å². The smallest absolute Gasteiger partial charge is 0.287 e. The number of nitrogens with two attached hydrogens (primary N) is 1. The Kier molecular flexibility index (Phi) is 6.97. The van der Waals surface area contributed by atoms with E-state index in [1.165, 1.54) is 44.8 Å². The first-order valence-corrected chi connectivity index (χ1v) is 8.55. The molecule has 6 nitrogen and oxygen atoms in total. The standard InChI is InChI=1S/C17H28N4O2/c1-13-9-12-23-15(13)16(22)19-10-6-11-20-17(18)21-14-7-4-2-3-5-8-14/h9,12,14H,2-8,10-11H2,1H3,(H,19,22)(H3,18,20,21). The van der Waals surface area contributed by atoms with Crippen LogP contribution < -0.4 is 16.4 Å². The quantitative estimate of drug-likeness (QED) is 0.325. The predicted molar refractivity (Wildman–Crippen MR) is 91.5 cm³/mol. The largest absolute Gasteiger partial charge is 0.459 e. The Labute approximate surface area is 137 Å². The molecule has 1 heterocycles. The molecule has 1 amide bonds. The lowest BCUT2D eigenvalue weighted by molar-refractivity contribution is 0.0925. The summed E-state index contributed by atoms with van der Waals surface area (Å²) >= 11 is 0. The van der Waals surface area contributed by atoms with Gasteiger partial charge in [-0.2, -0.15) is 0 Å². The van der Waals surface area contributed by atoms with Gasteiger partial charge in [0.25, 0.3) is 5.91 Å². The topological polar surface area (TPSA) is 92.7 Å². The lowest BCUT2D eigenvalue weighted by atomic mass is 10.1. The highest BCUT2D eigenvalue weighted by Gasteiger charge is 2.12. The van der Waals surface area contributed by atoms with Gasteiger partial charge in [-0.15, -0.1) is 0 Å². The van der Waals surface area contributed by atoms with Gasteiger partial charge in [0.05, 0.1) is 6.26 Å². The van der Waals surface area contributed by atoms with Crippen LogP contribution in [0.15, 0.2) is 21.7 Å². The van der Waals surface area contributed by atoms with Gasteiger partial charge in [0.2, 0.25) is 0 Å². The highest BCUT2D eigenvalue weighted by atomic mass is 16.3. The maximum atomic E-state index is 11.8. The predicted octanol–water partition coefficient (Wildman–Crippen LogP) is 2.34. The van der Waals surface area contributed by atoms with Crippen LogP contribution in [0.5, 0.6) is 0 Å². The highest BCUT2D eigenvalue weighted by molar-refractivity contribution is 5.92. The van der Waals surface area contributed by atoms with Crippen molar-refractivity contribution in [3.8, 4) is 0 Å². The zero-order valence-corrected chi connectivity index (χ0v) is 13.9. The molecule has 1 aromatic rings. The van der Waals surface area contributed by atoms with Crippen molar-refractivity contribution in [1.82, 2.24) is 10.6 Å². The van der Waals surface area contributed by atoms with E-state index in [1.807, 2.05) is 6.92 Å². The summed E-state index contributed by atoms with van der Waals surface area (Å²) in [5.74, 6) is 0.717. The molecule has 128 valence electrons. The van der Waals surface area contributed by atoms with Gasteiger partial charge >= 0.3 is 0 Å². The molecule has 0 saturated heterocycles. The first-order valence-electron chi connectivity index (χ1n) is 8.55. The van der Waals surface area contributed by atoms with E-state index in [2.05, 4.69) is 15.6 Å². The first kappa shape index (κ1) is 17.4. The third kappa shape index (κ3) is 5.96. The Morgan fingerprint density at radius 2 is 2.09 bits per heavy atom. The third-order valence-corrected chi connectivity index (χ3v) is 4.18. The van der Waals surface area contributed by atoms with Crippen molar-refractivity contribution < 1.29 is 9.21 Å². The monoisotopic (exact) mass is 320 g/mol. The lowest BCUT2D eigenvalue weighted by Crippen LogP contribution is -2.40. The molecular formula is C17H28N4O2. The number of hydrogen-bond acceptors (Lipinski definition) is 3. The van der Waals surface area contributed by atoms with Crippen molar-refractivity contribution in [2.75, 3.05) is 13.1 Å². The molecule has 1 aliphatic carbocycles. The lowest BCUT2D eigenvalue weighted by Gasteiger charge is -2.16. The van der Waals surface area contributed by atoms with Crippen molar-refractivity contribution in [1.29, 1.82) is 0 Å². The number of amides is 1. The minimum Gasteiger partial charge on any atom is -0.459 e. The molecule has 0 aromatic carbocycles. The van der Waals surface area contributed by atoms with Crippen LogP contribution in [0, 0.1) is 6.92 Å². The Bertz CT molecular complexity index is 516. The van der Waals surface area contributed by atoms with Crippen molar-refractivity contribution in [3.05, 3.63) is 23.7 Å². The average molecular weight is 320 g/mol. The molecule has 1 aliphatic rings. The van der Waals surface area contributed by atoms with Crippen molar-refractivity contribution in [2.24, 2.45) is 10.7 Å². The summed E-state index contributed by atoms with van der Waals surface area (Å²) in [6.45, 7) is 3.00.